The Bertz CT molecular complexity index is 1030. The topological polar surface area (TPSA) is 23.6 Å². The van der Waals surface area contributed by atoms with Crippen LogP contribution in [0.1, 0.15) is 36.9 Å². The number of benzene rings is 3. The number of hydrogen-bond donors (Lipinski definition) is 0. The zero-order chi connectivity index (χ0) is 20.5. The van der Waals surface area contributed by atoms with E-state index in [1.807, 2.05) is 6.07 Å². The second kappa shape index (κ2) is 8.23. The fraction of sp³-hybridized carbons (Fsp3) is 0.370. The highest BCUT2D eigenvalue weighted by Gasteiger charge is 2.45. The van der Waals surface area contributed by atoms with Gasteiger partial charge in [-0.05, 0) is 60.5 Å². The summed E-state index contributed by atoms with van der Waals surface area (Å²) >= 11 is 0. The molecule has 0 radical (unpaired) electrons. The predicted octanol–water partition coefficient (Wildman–Crippen LogP) is 5.07. The third-order valence-electron chi connectivity index (χ3n) is 7.18. The first kappa shape index (κ1) is 19.3. The summed E-state index contributed by atoms with van der Waals surface area (Å²) in [6.07, 6.45) is 3.20. The molecule has 30 heavy (non-hydrogen) atoms. The lowest BCUT2D eigenvalue weighted by Gasteiger charge is -2.40. The maximum atomic E-state index is 13.5. The molecule has 2 saturated heterocycles. The highest BCUT2D eigenvalue weighted by Crippen LogP contribution is 2.39. The largest absolute Gasteiger partial charge is 0.341 e. The summed E-state index contributed by atoms with van der Waals surface area (Å²) in [5.74, 6) is 0.842. The van der Waals surface area contributed by atoms with E-state index in [0.29, 0.717) is 11.8 Å². The molecule has 154 valence electrons. The van der Waals surface area contributed by atoms with Gasteiger partial charge in [-0.2, -0.15) is 0 Å². The summed E-state index contributed by atoms with van der Waals surface area (Å²) in [4.78, 5) is 18.1. The van der Waals surface area contributed by atoms with Gasteiger partial charge in [-0.25, -0.2) is 0 Å². The molecule has 0 saturated carbocycles. The van der Waals surface area contributed by atoms with E-state index in [9.17, 15) is 4.79 Å². The molecule has 3 heteroatoms. The van der Waals surface area contributed by atoms with E-state index in [2.05, 4.69) is 83.5 Å². The fourth-order valence-corrected chi connectivity index (χ4v) is 5.51. The minimum Gasteiger partial charge on any atom is -0.341 e. The predicted molar refractivity (Wildman–Crippen MR) is 122 cm³/mol. The molecule has 3 unspecified atom stereocenters. The molecule has 0 N–H and O–H groups in total. The van der Waals surface area contributed by atoms with Crippen molar-refractivity contribution >= 4 is 16.7 Å². The normalized spacial score (nSPS) is 23.0. The minimum atomic E-state index is 0.0310. The zero-order valence-electron chi connectivity index (χ0n) is 17.7. The van der Waals surface area contributed by atoms with Gasteiger partial charge in [0.2, 0.25) is 5.91 Å². The summed E-state index contributed by atoms with van der Waals surface area (Å²) in [7, 11) is 0. The molecular weight excluding hydrogens is 368 g/mol. The smallest absolute Gasteiger partial charge is 0.240 e. The van der Waals surface area contributed by atoms with Crippen molar-refractivity contribution in [3.05, 3.63) is 83.9 Å². The first-order chi connectivity index (χ1) is 14.7. The number of nitrogens with zero attached hydrogens (tertiary/aromatic N) is 2. The lowest BCUT2D eigenvalue weighted by Crippen LogP contribution is -2.53. The Balaban J connectivity index is 1.36. The van der Waals surface area contributed by atoms with Crippen molar-refractivity contribution in [3.63, 3.8) is 0 Å². The Morgan fingerprint density at radius 2 is 1.63 bits per heavy atom. The van der Waals surface area contributed by atoms with Crippen LogP contribution in [-0.2, 0) is 11.2 Å². The van der Waals surface area contributed by atoms with Crippen LogP contribution in [-0.4, -0.2) is 41.4 Å². The summed E-state index contributed by atoms with van der Waals surface area (Å²) in [6, 6.07) is 25.9. The minimum absolute atomic E-state index is 0.0310. The monoisotopic (exact) mass is 398 g/mol. The van der Waals surface area contributed by atoms with Crippen LogP contribution in [0.5, 0.6) is 0 Å². The molecule has 3 nitrogen and oxygen atoms in total. The van der Waals surface area contributed by atoms with Crippen molar-refractivity contribution in [2.75, 3.05) is 19.6 Å². The molecule has 1 amide bonds. The lowest BCUT2D eigenvalue weighted by atomic mass is 9.90. The van der Waals surface area contributed by atoms with Crippen molar-refractivity contribution in [3.8, 4) is 0 Å². The summed E-state index contributed by atoms with van der Waals surface area (Å²) < 4.78 is 0. The number of piperidine rings is 1. The molecular formula is C27H30N2O. The fourth-order valence-electron chi connectivity index (χ4n) is 5.51. The third-order valence-corrected chi connectivity index (χ3v) is 7.18. The SMILES string of the molecule is CC(c1cccc2ccccc12)N1CCC2CCN(CCc3ccccc3)C(=O)C21. The van der Waals surface area contributed by atoms with E-state index in [0.717, 1.165) is 38.9 Å². The van der Waals surface area contributed by atoms with Gasteiger partial charge in [-0.1, -0.05) is 72.8 Å². The van der Waals surface area contributed by atoms with Gasteiger partial charge in [0.1, 0.15) is 0 Å². The number of fused-ring (bicyclic) bond motifs is 2. The van der Waals surface area contributed by atoms with Gasteiger partial charge >= 0.3 is 0 Å². The van der Waals surface area contributed by atoms with Crippen LogP contribution in [0.3, 0.4) is 0 Å². The molecule has 0 aromatic heterocycles. The molecule has 3 atom stereocenters. The summed E-state index contributed by atoms with van der Waals surface area (Å²) in [5, 5.41) is 2.58. The van der Waals surface area contributed by atoms with E-state index in [4.69, 9.17) is 0 Å². The average molecular weight is 399 g/mol. The van der Waals surface area contributed by atoms with Gasteiger partial charge < -0.3 is 4.90 Å². The number of carbonyl (C=O) groups excluding carboxylic acids is 1. The molecule has 2 fully saturated rings. The summed E-state index contributed by atoms with van der Waals surface area (Å²) in [6.45, 7) is 5.02. The first-order valence-electron chi connectivity index (χ1n) is 11.3. The van der Waals surface area contributed by atoms with Crippen molar-refractivity contribution in [2.24, 2.45) is 5.92 Å². The number of carbonyl (C=O) groups is 1. The number of amides is 1. The van der Waals surface area contributed by atoms with E-state index < -0.39 is 0 Å². The van der Waals surface area contributed by atoms with Gasteiger partial charge in [0.25, 0.3) is 0 Å². The maximum Gasteiger partial charge on any atom is 0.240 e. The molecule has 0 bridgehead atoms. The third kappa shape index (κ3) is 3.52. The Kier molecular flexibility index (Phi) is 5.30. The van der Waals surface area contributed by atoms with Crippen molar-refractivity contribution in [1.82, 2.24) is 9.80 Å². The molecule has 5 rings (SSSR count). The molecule has 0 spiro atoms. The van der Waals surface area contributed by atoms with Crippen LogP contribution in [0.25, 0.3) is 10.8 Å². The van der Waals surface area contributed by atoms with Gasteiger partial charge in [0.15, 0.2) is 0 Å². The summed E-state index contributed by atoms with van der Waals surface area (Å²) in [5.41, 5.74) is 2.64. The number of rotatable bonds is 5. The van der Waals surface area contributed by atoms with E-state index in [1.54, 1.807) is 0 Å². The Labute approximate surface area is 179 Å². The van der Waals surface area contributed by atoms with Crippen LogP contribution in [0, 0.1) is 5.92 Å². The standard InChI is InChI=1S/C27H30N2O/c1-20(24-13-7-11-22-10-5-6-12-25(22)24)29-19-16-23-15-18-28(27(30)26(23)29)17-14-21-8-3-2-4-9-21/h2-13,20,23,26H,14-19H2,1H3. The van der Waals surface area contributed by atoms with Crippen LogP contribution >= 0.6 is 0 Å². The van der Waals surface area contributed by atoms with Crippen LogP contribution in [0.15, 0.2) is 72.8 Å². The van der Waals surface area contributed by atoms with E-state index >= 15 is 0 Å². The van der Waals surface area contributed by atoms with Crippen molar-refractivity contribution in [1.29, 1.82) is 0 Å². The second-order valence-corrected chi connectivity index (χ2v) is 8.83. The lowest BCUT2D eigenvalue weighted by molar-refractivity contribution is -0.141. The Morgan fingerprint density at radius 1 is 0.900 bits per heavy atom. The van der Waals surface area contributed by atoms with Crippen LogP contribution in [0.2, 0.25) is 0 Å². The quantitative estimate of drug-likeness (QED) is 0.599. The first-order valence-corrected chi connectivity index (χ1v) is 11.3. The maximum absolute atomic E-state index is 13.5. The zero-order valence-corrected chi connectivity index (χ0v) is 17.7. The van der Waals surface area contributed by atoms with E-state index in [1.165, 1.54) is 21.9 Å². The Morgan fingerprint density at radius 3 is 2.50 bits per heavy atom. The molecule has 3 aromatic rings. The number of hydrogen-bond acceptors (Lipinski definition) is 2. The average Bonchev–Trinajstić information content (AvgIpc) is 3.23. The van der Waals surface area contributed by atoms with Gasteiger partial charge in [0.05, 0.1) is 6.04 Å². The molecule has 0 aliphatic carbocycles. The van der Waals surface area contributed by atoms with Crippen molar-refractivity contribution in [2.45, 2.75) is 38.3 Å². The second-order valence-electron chi connectivity index (χ2n) is 8.83. The van der Waals surface area contributed by atoms with Gasteiger partial charge in [-0.15, -0.1) is 0 Å². The number of likely N-dealkylation sites (tertiary alicyclic amines) is 2. The van der Waals surface area contributed by atoms with Crippen LogP contribution < -0.4 is 0 Å². The molecule has 2 heterocycles. The molecule has 2 aliphatic rings. The molecule has 2 aliphatic heterocycles. The van der Waals surface area contributed by atoms with Gasteiger partial charge in [-0.3, -0.25) is 9.69 Å². The molecule has 3 aromatic carbocycles. The van der Waals surface area contributed by atoms with Crippen LogP contribution in [0.4, 0.5) is 0 Å². The highest BCUT2D eigenvalue weighted by atomic mass is 16.2. The van der Waals surface area contributed by atoms with Crippen molar-refractivity contribution < 1.29 is 4.79 Å². The Hall–Kier alpha value is -2.65. The highest BCUT2D eigenvalue weighted by molar-refractivity contribution is 5.87. The van der Waals surface area contributed by atoms with E-state index in [-0.39, 0.29) is 12.1 Å². The van der Waals surface area contributed by atoms with Gasteiger partial charge in [0, 0.05) is 19.1 Å².